The van der Waals surface area contributed by atoms with Crippen molar-refractivity contribution in [3.63, 3.8) is 0 Å². The van der Waals surface area contributed by atoms with Gasteiger partial charge in [0.2, 0.25) is 0 Å². The lowest BCUT2D eigenvalue weighted by molar-refractivity contribution is 0.00216. The first kappa shape index (κ1) is 16.8. The molecular formula is C20H29N3O2. The molecule has 1 amide bonds. The van der Waals surface area contributed by atoms with Gasteiger partial charge in [0, 0.05) is 50.5 Å². The van der Waals surface area contributed by atoms with Gasteiger partial charge in [0.05, 0.1) is 6.10 Å². The molecular weight excluding hydrogens is 314 g/mol. The molecule has 0 radical (unpaired) electrons. The topological polar surface area (TPSA) is 45.7 Å². The normalized spacial score (nSPS) is 29.6. The fourth-order valence-corrected chi connectivity index (χ4v) is 5.12. The van der Waals surface area contributed by atoms with Gasteiger partial charge in [-0.1, -0.05) is 6.42 Å². The number of carbonyl (C=O) groups is 1. The van der Waals surface area contributed by atoms with Gasteiger partial charge in [-0.25, -0.2) is 4.98 Å². The van der Waals surface area contributed by atoms with Crippen LogP contribution in [0.15, 0.2) is 18.3 Å². The molecule has 136 valence electrons. The molecule has 1 aromatic rings. The van der Waals surface area contributed by atoms with Crippen LogP contribution in [0.3, 0.4) is 0 Å². The van der Waals surface area contributed by atoms with Crippen LogP contribution in [-0.2, 0) is 4.74 Å². The monoisotopic (exact) mass is 343 g/mol. The third-order valence-electron chi connectivity index (χ3n) is 6.43. The highest BCUT2D eigenvalue weighted by Gasteiger charge is 2.46. The number of rotatable bonds is 3. The first-order valence-electron chi connectivity index (χ1n) is 9.75. The second-order valence-electron chi connectivity index (χ2n) is 7.91. The Morgan fingerprint density at radius 2 is 2.00 bits per heavy atom. The second kappa shape index (κ2) is 6.94. The van der Waals surface area contributed by atoms with Gasteiger partial charge >= 0.3 is 0 Å². The fourth-order valence-electron chi connectivity index (χ4n) is 5.12. The Balaban J connectivity index is 1.53. The molecule has 5 nitrogen and oxygen atoms in total. The first-order chi connectivity index (χ1) is 12.2. The van der Waals surface area contributed by atoms with Crippen molar-refractivity contribution >= 4 is 11.7 Å². The number of pyridine rings is 1. The average Bonchev–Trinajstić information content (AvgIpc) is 3.31. The number of piperidine rings is 1. The van der Waals surface area contributed by atoms with Crippen LogP contribution in [0.2, 0.25) is 0 Å². The van der Waals surface area contributed by atoms with Crippen molar-refractivity contribution in [2.45, 2.75) is 51.0 Å². The molecule has 1 aliphatic carbocycles. The van der Waals surface area contributed by atoms with E-state index in [9.17, 15) is 4.79 Å². The Morgan fingerprint density at radius 3 is 2.80 bits per heavy atom. The number of nitrogens with zero attached hydrogens (tertiary/aromatic N) is 3. The largest absolute Gasteiger partial charge is 0.381 e. The minimum absolute atomic E-state index is 0.156. The Labute approximate surface area is 150 Å². The predicted octanol–water partition coefficient (Wildman–Crippen LogP) is 3.10. The van der Waals surface area contributed by atoms with Crippen molar-refractivity contribution in [3.05, 3.63) is 23.9 Å². The summed E-state index contributed by atoms with van der Waals surface area (Å²) >= 11 is 0. The zero-order valence-corrected chi connectivity index (χ0v) is 15.2. The average molecular weight is 343 g/mol. The Bertz CT molecular complexity index is 629. The van der Waals surface area contributed by atoms with Crippen molar-refractivity contribution in [1.29, 1.82) is 0 Å². The molecule has 0 N–H and O–H groups in total. The molecule has 0 aromatic carbocycles. The van der Waals surface area contributed by atoms with Gasteiger partial charge in [0.1, 0.15) is 5.82 Å². The van der Waals surface area contributed by atoms with E-state index in [1.807, 2.05) is 24.1 Å². The van der Waals surface area contributed by atoms with Gasteiger partial charge in [0.25, 0.3) is 5.91 Å². The van der Waals surface area contributed by atoms with Crippen molar-refractivity contribution in [3.8, 4) is 0 Å². The van der Waals surface area contributed by atoms with Crippen molar-refractivity contribution in [2.24, 2.45) is 5.41 Å². The van der Waals surface area contributed by atoms with Gasteiger partial charge < -0.3 is 14.5 Å². The molecule has 25 heavy (non-hydrogen) atoms. The van der Waals surface area contributed by atoms with E-state index < -0.39 is 0 Å². The summed E-state index contributed by atoms with van der Waals surface area (Å²) in [4.78, 5) is 21.6. The summed E-state index contributed by atoms with van der Waals surface area (Å²) in [5.74, 6) is 1.11. The molecule has 1 saturated carbocycles. The lowest BCUT2D eigenvalue weighted by atomic mass is 9.76. The number of hydrogen-bond acceptors (Lipinski definition) is 4. The van der Waals surface area contributed by atoms with E-state index in [0.29, 0.717) is 6.10 Å². The SMILES string of the molecule is CO[C@@H]1CCC[C@@]12CCCN(c1cc(C(=O)N3CCCC3)ccn1)C2. The molecule has 2 atom stereocenters. The van der Waals surface area contributed by atoms with Crippen LogP contribution in [0.1, 0.15) is 55.3 Å². The molecule has 0 unspecified atom stereocenters. The lowest BCUT2D eigenvalue weighted by Crippen LogP contribution is -2.48. The number of carbonyl (C=O) groups excluding carboxylic acids is 1. The van der Waals surface area contributed by atoms with Gasteiger partial charge in [-0.15, -0.1) is 0 Å². The van der Waals surface area contributed by atoms with E-state index >= 15 is 0 Å². The second-order valence-corrected chi connectivity index (χ2v) is 7.91. The van der Waals surface area contributed by atoms with Crippen molar-refractivity contribution in [2.75, 3.05) is 38.2 Å². The highest BCUT2D eigenvalue weighted by atomic mass is 16.5. The van der Waals surface area contributed by atoms with Crippen LogP contribution in [0.25, 0.3) is 0 Å². The van der Waals surface area contributed by atoms with Gasteiger partial charge in [0.15, 0.2) is 0 Å². The molecule has 1 aromatic heterocycles. The Kier molecular flexibility index (Phi) is 4.67. The smallest absolute Gasteiger partial charge is 0.254 e. The number of ether oxygens (including phenoxy) is 1. The number of methoxy groups -OCH3 is 1. The van der Waals surface area contributed by atoms with Crippen molar-refractivity contribution < 1.29 is 9.53 Å². The molecule has 5 heteroatoms. The maximum absolute atomic E-state index is 12.7. The summed E-state index contributed by atoms with van der Waals surface area (Å²) in [6.45, 7) is 3.80. The van der Waals surface area contributed by atoms with Crippen LogP contribution in [-0.4, -0.2) is 55.2 Å². The zero-order chi connectivity index (χ0) is 17.3. The summed E-state index contributed by atoms with van der Waals surface area (Å²) in [7, 11) is 1.85. The summed E-state index contributed by atoms with van der Waals surface area (Å²) in [6, 6.07) is 3.85. The minimum Gasteiger partial charge on any atom is -0.381 e. The van der Waals surface area contributed by atoms with Crippen LogP contribution < -0.4 is 4.90 Å². The molecule has 3 fully saturated rings. The first-order valence-corrected chi connectivity index (χ1v) is 9.75. The standard InChI is InChI=1S/C20H29N3O2/c1-25-17-6-4-8-20(17)9-5-13-23(15-20)18-14-16(7-10-21-18)19(24)22-11-2-3-12-22/h7,10,14,17H,2-6,8-9,11-13,15H2,1H3/t17-,20+/m1/s1. The maximum atomic E-state index is 12.7. The van der Waals surface area contributed by atoms with E-state index in [4.69, 9.17) is 4.74 Å². The van der Waals surface area contributed by atoms with Crippen LogP contribution in [0.5, 0.6) is 0 Å². The van der Waals surface area contributed by atoms with E-state index in [1.165, 1.54) is 32.1 Å². The highest BCUT2D eigenvalue weighted by molar-refractivity contribution is 5.95. The molecule has 3 heterocycles. The van der Waals surface area contributed by atoms with E-state index in [1.54, 1.807) is 6.20 Å². The molecule has 4 rings (SSSR count). The van der Waals surface area contributed by atoms with Crippen molar-refractivity contribution in [1.82, 2.24) is 9.88 Å². The number of amides is 1. The Hall–Kier alpha value is -1.62. The van der Waals surface area contributed by atoms with Crippen LogP contribution in [0, 0.1) is 5.41 Å². The summed E-state index contributed by atoms with van der Waals surface area (Å²) < 4.78 is 5.81. The summed E-state index contributed by atoms with van der Waals surface area (Å²) in [6.07, 6.45) is 10.5. The molecule has 0 bridgehead atoms. The molecule has 2 aliphatic heterocycles. The van der Waals surface area contributed by atoms with Crippen LogP contribution >= 0.6 is 0 Å². The van der Waals surface area contributed by atoms with Gasteiger partial charge in [-0.05, 0) is 50.7 Å². The quantitative estimate of drug-likeness (QED) is 0.846. The van der Waals surface area contributed by atoms with Crippen LogP contribution in [0.4, 0.5) is 5.82 Å². The third kappa shape index (κ3) is 3.14. The van der Waals surface area contributed by atoms with E-state index in [2.05, 4.69) is 9.88 Å². The molecule has 1 spiro atoms. The van der Waals surface area contributed by atoms with E-state index in [0.717, 1.165) is 50.4 Å². The van der Waals surface area contributed by atoms with Gasteiger partial charge in [-0.2, -0.15) is 0 Å². The summed E-state index contributed by atoms with van der Waals surface area (Å²) in [5, 5.41) is 0. The molecule has 3 aliphatic rings. The summed E-state index contributed by atoms with van der Waals surface area (Å²) in [5.41, 5.74) is 1.05. The maximum Gasteiger partial charge on any atom is 0.254 e. The molecule has 2 saturated heterocycles. The number of likely N-dealkylation sites (tertiary alicyclic amines) is 1. The third-order valence-corrected chi connectivity index (χ3v) is 6.43. The fraction of sp³-hybridized carbons (Fsp3) is 0.700. The predicted molar refractivity (Wildman–Crippen MR) is 97.9 cm³/mol. The minimum atomic E-state index is 0.156. The van der Waals surface area contributed by atoms with Gasteiger partial charge in [-0.3, -0.25) is 4.79 Å². The zero-order valence-electron chi connectivity index (χ0n) is 15.2. The number of aromatic nitrogens is 1. The number of hydrogen-bond donors (Lipinski definition) is 0. The number of anilines is 1. The Morgan fingerprint density at radius 1 is 1.20 bits per heavy atom. The van der Waals surface area contributed by atoms with E-state index in [-0.39, 0.29) is 11.3 Å². The lowest BCUT2D eigenvalue weighted by Gasteiger charge is -2.44. The highest BCUT2D eigenvalue weighted by Crippen LogP contribution is 2.47.